The normalized spacial score (nSPS) is 11.2. The summed E-state index contributed by atoms with van der Waals surface area (Å²) in [4.78, 5) is 3.79. The molecule has 0 fully saturated rings. The van der Waals surface area contributed by atoms with Gasteiger partial charge in [0, 0.05) is 19.8 Å². The van der Waals surface area contributed by atoms with Crippen molar-refractivity contribution in [3.63, 3.8) is 0 Å². The van der Waals surface area contributed by atoms with Gasteiger partial charge in [0.05, 0.1) is 0 Å². The average Bonchev–Trinajstić information content (AvgIpc) is 1.81. The van der Waals surface area contributed by atoms with Gasteiger partial charge in [0.2, 0.25) is 0 Å². The van der Waals surface area contributed by atoms with E-state index in [2.05, 4.69) is 10.3 Å². The molecule has 0 rings (SSSR count). The highest BCUT2D eigenvalue weighted by molar-refractivity contribution is 5.59. The summed E-state index contributed by atoms with van der Waals surface area (Å²) >= 11 is 0. The van der Waals surface area contributed by atoms with Crippen molar-refractivity contribution in [3.05, 3.63) is 12.3 Å². The fraction of sp³-hybridized carbons (Fsp3) is 0.500. The molecule has 0 saturated heterocycles. The van der Waals surface area contributed by atoms with Crippen LogP contribution in [0.1, 0.15) is 6.92 Å². The number of rotatable bonds is 3. The minimum absolute atomic E-state index is 0.820. The summed E-state index contributed by atoms with van der Waals surface area (Å²) in [6, 6.07) is 0. The summed E-state index contributed by atoms with van der Waals surface area (Å²) in [5, 5.41) is 3.01. The Morgan fingerprint density at radius 2 is 2.38 bits per heavy atom. The van der Waals surface area contributed by atoms with Crippen molar-refractivity contribution in [2.45, 2.75) is 6.92 Å². The highest BCUT2D eigenvalue weighted by Gasteiger charge is 1.66. The molecule has 0 bridgehead atoms. The standard InChI is InChI=1S/C6H12N2/c1-3-4-8-6-5-7-2/h3-5,8H,6H2,1-2H3/b4-3-,7-5?. The van der Waals surface area contributed by atoms with Gasteiger partial charge in [0.1, 0.15) is 0 Å². The SMILES string of the molecule is C/C=C\NCC=NC. The number of nitrogens with one attached hydrogen (secondary N) is 1. The van der Waals surface area contributed by atoms with Gasteiger partial charge in [-0.3, -0.25) is 4.99 Å². The molecule has 0 saturated carbocycles. The Balaban J connectivity index is 2.93. The van der Waals surface area contributed by atoms with Crippen molar-refractivity contribution in [1.82, 2.24) is 5.32 Å². The average molecular weight is 112 g/mol. The minimum atomic E-state index is 0.820. The van der Waals surface area contributed by atoms with Crippen LogP contribution in [0, 0.1) is 0 Å². The molecule has 0 aromatic heterocycles. The second-order valence-corrected chi connectivity index (χ2v) is 1.35. The summed E-state index contributed by atoms with van der Waals surface area (Å²) in [6.07, 6.45) is 5.66. The number of aliphatic imine (C=N–C) groups is 1. The van der Waals surface area contributed by atoms with Crippen LogP contribution >= 0.6 is 0 Å². The number of allylic oxidation sites excluding steroid dienone is 1. The van der Waals surface area contributed by atoms with E-state index < -0.39 is 0 Å². The largest absolute Gasteiger partial charge is 0.386 e. The van der Waals surface area contributed by atoms with Crippen LogP contribution in [-0.4, -0.2) is 19.8 Å². The maximum atomic E-state index is 3.79. The fourth-order valence-electron chi connectivity index (χ4n) is 0.330. The smallest absolute Gasteiger partial charge is 0.0493 e. The second kappa shape index (κ2) is 6.21. The van der Waals surface area contributed by atoms with Crippen LogP contribution in [0.25, 0.3) is 0 Å². The van der Waals surface area contributed by atoms with Crippen molar-refractivity contribution in [3.8, 4) is 0 Å². The van der Waals surface area contributed by atoms with Gasteiger partial charge in [-0.2, -0.15) is 0 Å². The molecule has 0 aliphatic carbocycles. The summed E-state index contributed by atoms with van der Waals surface area (Å²) < 4.78 is 0. The van der Waals surface area contributed by atoms with Crippen LogP contribution < -0.4 is 5.32 Å². The maximum Gasteiger partial charge on any atom is 0.0493 e. The van der Waals surface area contributed by atoms with Gasteiger partial charge in [0.25, 0.3) is 0 Å². The van der Waals surface area contributed by atoms with Gasteiger partial charge >= 0.3 is 0 Å². The monoisotopic (exact) mass is 112 g/mol. The Morgan fingerprint density at radius 3 is 2.88 bits per heavy atom. The molecule has 0 aliphatic heterocycles. The molecule has 0 spiro atoms. The lowest BCUT2D eigenvalue weighted by Crippen LogP contribution is -2.06. The Kier molecular flexibility index (Phi) is 5.60. The minimum Gasteiger partial charge on any atom is -0.386 e. The molecular formula is C6H12N2. The first-order chi connectivity index (χ1) is 3.91. The molecule has 0 amide bonds. The van der Waals surface area contributed by atoms with E-state index in [1.54, 1.807) is 7.05 Å². The van der Waals surface area contributed by atoms with E-state index in [1.807, 2.05) is 25.4 Å². The predicted molar refractivity (Wildman–Crippen MR) is 37.2 cm³/mol. The van der Waals surface area contributed by atoms with Gasteiger partial charge < -0.3 is 5.32 Å². The van der Waals surface area contributed by atoms with E-state index in [-0.39, 0.29) is 0 Å². The zero-order chi connectivity index (χ0) is 6.24. The van der Waals surface area contributed by atoms with Crippen LogP contribution in [0.3, 0.4) is 0 Å². The molecule has 0 heterocycles. The molecule has 46 valence electrons. The van der Waals surface area contributed by atoms with Crippen LogP contribution in [0.15, 0.2) is 17.3 Å². The first kappa shape index (κ1) is 7.21. The number of nitrogens with zero attached hydrogens (tertiary/aromatic N) is 1. The lowest BCUT2D eigenvalue weighted by atomic mass is 10.6. The van der Waals surface area contributed by atoms with Gasteiger partial charge in [-0.1, -0.05) is 6.08 Å². The van der Waals surface area contributed by atoms with E-state index in [4.69, 9.17) is 0 Å². The van der Waals surface area contributed by atoms with Crippen molar-refractivity contribution < 1.29 is 0 Å². The third-order valence-corrected chi connectivity index (χ3v) is 0.676. The topological polar surface area (TPSA) is 24.4 Å². The van der Waals surface area contributed by atoms with Crippen molar-refractivity contribution in [2.75, 3.05) is 13.6 Å². The quantitative estimate of drug-likeness (QED) is 0.424. The lowest BCUT2D eigenvalue weighted by Gasteiger charge is -1.88. The molecule has 0 aromatic carbocycles. The Bertz CT molecular complexity index is 72.5. The van der Waals surface area contributed by atoms with E-state index in [0.29, 0.717) is 0 Å². The molecule has 2 nitrogen and oxygen atoms in total. The van der Waals surface area contributed by atoms with Gasteiger partial charge in [-0.15, -0.1) is 0 Å². The Labute approximate surface area is 50.3 Å². The van der Waals surface area contributed by atoms with E-state index in [1.165, 1.54) is 0 Å². The highest BCUT2D eigenvalue weighted by atomic mass is 14.8. The van der Waals surface area contributed by atoms with E-state index in [9.17, 15) is 0 Å². The van der Waals surface area contributed by atoms with Gasteiger partial charge in [-0.05, 0) is 13.1 Å². The number of hydrogen-bond donors (Lipinski definition) is 1. The van der Waals surface area contributed by atoms with Crippen molar-refractivity contribution >= 4 is 6.21 Å². The van der Waals surface area contributed by atoms with Crippen molar-refractivity contribution in [2.24, 2.45) is 4.99 Å². The molecule has 2 heteroatoms. The Hall–Kier alpha value is -0.790. The highest BCUT2D eigenvalue weighted by Crippen LogP contribution is 1.59. The van der Waals surface area contributed by atoms with Crippen LogP contribution in [0.2, 0.25) is 0 Å². The maximum absolute atomic E-state index is 3.79. The molecule has 8 heavy (non-hydrogen) atoms. The number of hydrogen-bond acceptors (Lipinski definition) is 2. The summed E-state index contributed by atoms with van der Waals surface area (Å²) in [6.45, 7) is 2.79. The summed E-state index contributed by atoms with van der Waals surface area (Å²) in [7, 11) is 1.76. The molecule has 0 radical (unpaired) electrons. The zero-order valence-corrected chi connectivity index (χ0v) is 5.39. The van der Waals surface area contributed by atoms with Crippen LogP contribution in [-0.2, 0) is 0 Å². The van der Waals surface area contributed by atoms with Gasteiger partial charge in [-0.25, -0.2) is 0 Å². The molecule has 0 aromatic rings. The van der Waals surface area contributed by atoms with E-state index >= 15 is 0 Å². The molecule has 1 N–H and O–H groups in total. The van der Waals surface area contributed by atoms with E-state index in [0.717, 1.165) is 6.54 Å². The Morgan fingerprint density at radius 1 is 1.62 bits per heavy atom. The van der Waals surface area contributed by atoms with Crippen molar-refractivity contribution in [1.29, 1.82) is 0 Å². The molecule has 0 atom stereocenters. The molecule has 0 unspecified atom stereocenters. The van der Waals surface area contributed by atoms with Crippen LogP contribution in [0.5, 0.6) is 0 Å². The first-order valence-electron chi connectivity index (χ1n) is 2.67. The third-order valence-electron chi connectivity index (χ3n) is 0.676. The summed E-state index contributed by atoms with van der Waals surface area (Å²) in [5.41, 5.74) is 0. The van der Waals surface area contributed by atoms with Crippen LogP contribution in [0.4, 0.5) is 0 Å². The lowest BCUT2D eigenvalue weighted by molar-refractivity contribution is 1.02. The second-order valence-electron chi connectivity index (χ2n) is 1.35. The predicted octanol–water partition coefficient (Wildman–Crippen LogP) is 0.810. The molecule has 0 aliphatic rings. The van der Waals surface area contributed by atoms with Gasteiger partial charge in [0.15, 0.2) is 0 Å². The summed E-state index contributed by atoms with van der Waals surface area (Å²) in [5.74, 6) is 0. The molecular weight excluding hydrogens is 100 g/mol. The first-order valence-corrected chi connectivity index (χ1v) is 2.67. The zero-order valence-electron chi connectivity index (χ0n) is 5.39. The fourth-order valence-corrected chi connectivity index (χ4v) is 0.330. The third kappa shape index (κ3) is 5.21.